The SMILES string of the molecule is CCCCSCc1cc(C(=O)N2CCN3CCNC(=O)C3C2)oc1C. The fourth-order valence-corrected chi connectivity index (χ4v) is 4.46. The molecule has 25 heavy (non-hydrogen) atoms. The zero-order valence-electron chi connectivity index (χ0n) is 15.0. The van der Waals surface area contributed by atoms with Gasteiger partial charge >= 0.3 is 0 Å². The molecule has 2 aliphatic rings. The second-order valence-electron chi connectivity index (χ2n) is 6.69. The Kier molecular flexibility index (Phi) is 6.06. The van der Waals surface area contributed by atoms with Crippen LogP contribution in [0.2, 0.25) is 0 Å². The van der Waals surface area contributed by atoms with Crippen molar-refractivity contribution >= 4 is 23.6 Å². The van der Waals surface area contributed by atoms with Crippen molar-refractivity contribution in [2.75, 3.05) is 38.5 Å². The number of fused-ring (bicyclic) bond motifs is 1. The van der Waals surface area contributed by atoms with Crippen molar-refractivity contribution in [2.24, 2.45) is 0 Å². The van der Waals surface area contributed by atoms with Gasteiger partial charge in [-0.3, -0.25) is 14.5 Å². The van der Waals surface area contributed by atoms with Crippen LogP contribution in [-0.2, 0) is 10.5 Å². The lowest BCUT2D eigenvalue weighted by Gasteiger charge is -2.42. The molecule has 0 saturated carbocycles. The Labute approximate surface area is 153 Å². The number of nitrogens with one attached hydrogen (secondary N) is 1. The van der Waals surface area contributed by atoms with E-state index in [-0.39, 0.29) is 17.9 Å². The summed E-state index contributed by atoms with van der Waals surface area (Å²) in [5, 5.41) is 2.88. The number of hydrogen-bond donors (Lipinski definition) is 1. The van der Waals surface area contributed by atoms with Gasteiger partial charge in [-0.15, -0.1) is 0 Å². The van der Waals surface area contributed by atoms with Crippen LogP contribution in [0.25, 0.3) is 0 Å². The third-order valence-corrected chi connectivity index (χ3v) is 6.00. The fraction of sp³-hybridized carbons (Fsp3) is 0.667. The van der Waals surface area contributed by atoms with Gasteiger partial charge in [0.2, 0.25) is 5.91 Å². The van der Waals surface area contributed by atoms with Gasteiger partial charge in [-0.2, -0.15) is 11.8 Å². The van der Waals surface area contributed by atoms with Crippen LogP contribution in [-0.4, -0.2) is 66.1 Å². The summed E-state index contributed by atoms with van der Waals surface area (Å²) >= 11 is 1.88. The molecule has 1 aromatic heterocycles. The number of carbonyl (C=O) groups is 2. The number of piperazine rings is 2. The molecule has 0 bridgehead atoms. The maximum absolute atomic E-state index is 12.8. The molecule has 2 fully saturated rings. The first-order valence-corrected chi connectivity index (χ1v) is 10.2. The summed E-state index contributed by atoms with van der Waals surface area (Å²) in [6, 6.07) is 1.65. The highest BCUT2D eigenvalue weighted by atomic mass is 32.2. The van der Waals surface area contributed by atoms with Gasteiger partial charge in [0.15, 0.2) is 5.76 Å². The first kappa shape index (κ1) is 18.3. The molecule has 1 N–H and O–H groups in total. The largest absolute Gasteiger partial charge is 0.456 e. The van der Waals surface area contributed by atoms with Crippen LogP contribution >= 0.6 is 11.8 Å². The van der Waals surface area contributed by atoms with E-state index in [0.717, 1.165) is 35.9 Å². The van der Waals surface area contributed by atoms with Crippen LogP contribution in [0.15, 0.2) is 10.5 Å². The van der Waals surface area contributed by atoms with Gasteiger partial charge < -0.3 is 14.6 Å². The second-order valence-corrected chi connectivity index (χ2v) is 7.80. The van der Waals surface area contributed by atoms with E-state index in [0.29, 0.717) is 25.4 Å². The van der Waals surface area contributed by atoms with Crippen molar-refractivity contribution < 1.29 is 14.0 Å². The van der Waals surface area contributed by atoms with E-state index in [1.54, 1.807) is 4.90 Å². The number of hydrogen-bond acceptors (Lipinski definition) is 5. The first-order valence-electron chi connectivity index (χ1n) is 9.08. The minimum Gasteiger partial charge on any atom is -0.456 e. The van der Waals surface area contributed by atoms with Gasteiger partial charge in [0.25, 0.3) is 5.91 Å². The Morgan fingerprint density at radius 3 is 3.04 bits per heavy atom. The quantitative estimate of drug-likeness (QED) is 0.780. The summed E-state index contributed by atoms with van der Waals surface area (Å²) in [6.07, 6.45) is 2.41. The lowest BCUT2D eigenvalue weighted by Crippen LogP contribution is -2.64. The predicted octanol–water partition coefficient (Wildman–Crippen LogP) is 1.88. The normalized spacial score (nSPS) is 21.1. The molecule has 0 aliphatic carbocycles. The Morgan fingerprint density at radius 1 is 1.40 bits per heavy atom. The predicted molar refractivity (Wildman–Crippen MR) is 98.8 cm³/mol. The average Bonchev–Trinajstić information content (AvgIpc) is 2.99. The van der Waals surface area contributed by atoms with E-state index in [2.05, 4.69) is 17.1 Å². The molecule has 2 aliphatic heterocycles. The van der Waals surface area contributed by atoms with Crippen LogP contribution in [0.1, 0.15) is 41.6 Å². The maximum Gasteiger partial charge on any atom is 0.289 e. The van der Waals surface area contributed by atoms with Crippen molar-refractivity contribution in [1.82, 2.24) is 15.1 Å². The van der Waals surface area contributed by atoms with Crippen LogP contribution in [0, 0.1) is 6.92 Å². The number of unbranched alkanes of at least 4 members (excludes halogenated alkanes) is 1. The zero-order valence-corrected chi connectivity index (χ0v) is 15.9. The fourth-order valence-electron chi connectivity index (χ4n) is 3.31. The average molecular weight is 365 g/mol. The molecule has 1 atom stereocenters. The molecule has 1 aromatic rings. The van der Waals surface area contributed by atoms with Gasteiger partial charge in [0.05, 0.1) is 0 Å². The first-order chi connectivity index (χ1) is 12.1. The molecule has 0 aromatic carbocycles. The van der Waals surface area contributed by atoms with Crippen LogP contribution in [0.3, 0.4) is 0 Å². The smallest absolute Gasteiger partial charge is 0.289 e. The summed E-state index contributed by atoms with van der Waals surface area (Å²) in [5.74, 6) is 3.14. The van der Waals surface area contributed by atoms with Crippen LogP contribution in [0.5, 0.6) is 0 Å². The minimum atomic E-state index is -0.230. The van der Waals surface area contributed by atoms with Crippen molar-refractivity contribution in [1.29, 1.82) is 0 Å². The van der Waals surface area contributed by atoms with Gasteiger partial charge in [-0.05, 0) is 25.2 Å². The van der Waals surface area contributed by atoms with E-state index in [4.69, 9.17) is 4.42 Å². The van der Waals surface area contributed by atoms with Crippen molar-refractivity contribution in [2.45, 2.75) is 38.5 Å². The Morgan fingerprint density at radius 2 is 2.24 bits per heavy atom. The molecule has 138 valence electrons. The molecule has 3 rings (SSSR count). The lowest BCUT2D eigenvalue weighted by atomic mass is 10.1. The third-order valence-electron chi connectivity index (χ3n) is 4.91. The molecular weight excluding hydrogens is 338 g/mol. The number of amides is 2. The molecule has 7 heteroatoms. The molecular formula is C18H27N3O3S. The highest BCUT2D eigenvalue weighted by Gasteiger charge is 2.37. The Balaban J connectivity index is 1.62. The number of thioether (sulfide) groups is 1. The standard InChI is InChI=1S/C18H27N3O3S/c1-3-4-9-25-12-14-10-16(24-13(14)2)18(23)21-8-7-20-6-5-19-17(22)15(20)11-21/h10,15H,3-9,11-12H2,1-2H3,(H,19,22). The summed E-state index contributed by atoms with van der Waals surface area (Å²) in [7, 11) is 0. The summed E-state index contributed by atoms with van der Waals surface area (Å²) < 4.78 is 5.73. The molecule has 2 saturated heterocycles. The highest BCUT2D eigenvalue weighted by Crippen LogP contribution is 2.23. The van der Waals surface area contributed by atoms with E-state index < -0.39 is 0 Å². The molecule has 1 unspecified atom stereocenters. The van der Waals surface area contributed by atoms with Crippen molar-refractivity contribution in [3.63, 3.8) is 0 Å². The topological polar surface area (TPSA) is 65.8 Å². The number of aryl methyl sites for hydroxylation is 1. The molecule has 6 nitrogen and oxygen atoms in total. The number of rotatable bonds is 6. The van der Waals surface area contributed by atoms with Gasteiger partial charge in [0, 0.05) is 44.0 Å². The van der Waals surface area contributed by atoms with Gasteiger partial charge in [-0.1, -0.05) is 13.3 Å². The number of nitrogens with zero attached hydrogens (tertiary/aromatic N) is 2. The summed E-state index contributed by atoms with van der Waals surface area (Å²) in [5.41, 5.74) is 1.10. The molecule has 0 radical (unpaired) electrons. The monoisotopic (exact) mass is 365 g/mol. The van der Waals surface area contributed by atoms with Crippen molar-refractivity contribution in [3.05, 3.63) is 23.2 Å². The van der Waals surface area contributed by atoms with E-state index in [1.807, 2.05) is 24.8 Å². The van der Waals surface area contributed by atoms with E-state index in [1.165, 1.54) is 12.8 Å². The zero-order chi connectivity index (χ0) is 17.8. The minimum absolute atomic E-state index is 0.0207. The lowest BCUT2D eigenvalue weighted by molar-refractivity contribution is -0.131. The third kappa shape index (κ3) is 4.20. The second kappa shape index (κ2) is 8.27. The van der Waals surface area contributed by atoms with Gasteiger partial charge in [0.1, 0.15) is 11.8 Å². The highest BCUT2D eigenvalue weighted by molar-refractivity contribution is 7.98. The van der Waals surface area contributed by atoms with Crippen LogP contribution < -0.4 is 5.32 Å². The van der Waals surface area contributed by atoms with Crippen LogP contribution in [0.4, 0.5) is 0 Å². The Bertz CT molecular complexity index is 631. The number of furan rings is 1. The molecule has 3 heterocycles. The Hall–Kier alpha value is -1.47. The summed E-state index contributed by atoms with van der Waals surface area (Å²) in [4.78, 5) is 28.8. The van der Waals surface area contributed by atoms with E-state index >= 15 is 0 Å². The van der Waals surface area contributed by atoms with E-state index in [9.17, 15) is 9.59 Å². The number of carbonyl (C=O) groups excluding carboxylic acids is 2. The molecule has 2 amide bonds. The summed E-state index contributed by atoms with van der Waals surface area (Å²) in [6.45, 7) is 7.47. The molecule has 0 spiro atoms. The van der Waals surface area contributed by atoms with Gasteiger partial charge in [-0.25, -0.2) is 0 Å². The maximum atomic E-state index is 12.8. The van der Waals surface area contributed by atoms with Crippen molar-refractivity contribution in [3.8, 4) is 0 Å².